The van der Waals surface area contributed by atoms with Crippen LogP contribution < -0.4 is 0 Å². The van der Waals surface area contributed by atoms with E-state index in [2.05, 4.69) is 11.9 Å². The van der Waals surface area contributed by atoms with Gasteiger partial charge in [-0.1, -0.05) is 13.3 Å². The molecule has 0 radical (unpaired) electrons. The maximum atomic E-state index is 11.6. The van der Waals surface area contributed by atoms with Gasteiger partial charge in [0.25, 0.3) is 0 Å². The maximum absolute atomic E-state index is 11.6. The summed E-state index contributed by atoms with van der Waals surface area (Å²) in [5, 5.41) is 3.03. The van der Waals surface area contributed by atoms with Gasteiger partial charge in [0.05, 0.1) is 11.3 Å². The van der Waals surface area contributed by atoms with Crippen LogP contribution in [-0.4, -0.2) is 17.6 Å². The highest BCUT2D eigenvalue weighted by atomic mass is 32.1. The van der Waals surface area contributed by atoms with Crippen LogP contribution in [0.15, 0.2) is 23.7 Å². The highest BCUT2D eigenvalue weighted by Gasteiger charge is 2.09. The third-order valence-electron chi connectivity index (χ3n) is 2.28. The number of hydrogen-bond donors (Lipinski definition) is 0. The third kappa shape index (κ3) is 2.39. The van der Waals surface area contributed by atoms with Gasteiger partial charge in [0.15, 0.2) is 0 Å². The number of pyridine rings is 1. The Kier molecular flexibility index (Phi) is 3.51. The van der Waals surface area contributed by atoms with Crippen molar-refractivity contribution in [3.05, 3.63) is 29.4 Å². The fourth-order valence-electron chi connectivity index (χ4n) is 1.36. The molecule has 0 unspecified atom stereocenters. The number of thiophene rings is 1. The Bertz CT molecular complexity index is 492. The van der Waals surface area contributed by atoms with Crippen LogP contribution in [0, 0.1) is 0 Å². The van der Waals surface area contributed by atoms with Crippen LogP contribution in [0.25, 0.3) is 10.1 Å². The van der Waals surface area contributed by atoms with E-state index in [1.165, 1.54) is 0 Å². The molecule has 0 fully saturated rings. The van der Waals surface area contributed by atoms with Crippen molar-refractivity contribution < 1.29 is 9.53 Å². The summed E-state index contributed by atoms with van der Waals surface area (Å²) in [6.07, 6.45) is 3.63. The molecule has 16 heavy (non-hydrogen) atoms. The fraction of sp³-hybridized carbons (Fsp3) is 0.333. The van der Waals surface area contributed by atoms with Gasteiger partial charge in [-0.05, 0) is 29.3 Å². The minimum atomic E-state index is -0.332. The Morgan fingerprint density at radius 2 is 2.44 bits per heavy atom. The van der Waals surface area contributed by atoms with Crippen molar-refractivity contribution in [1.82, 2.24) is 4.98 Å². The normalized spacial score (nSPS) is 10.6. The zero-order valence-corrected chi connectivity index (χ0v) is 9.92. The lowest BCUT2D eigenvalue weighted by molar-refractivity contribution is 0.0493. The zero-order chi connectivity index (χ0) is 11.4. The Labute approximate surface area is 98.1 Å². The Morgan fingerprint density at radius 3 is 3.25 bits per heavy atom. The van der Waals surface area contributed by atoms with E-state index >= 15 is 0 Å². The van der Waals surface area contributed by atoms with Crippen molar-refractivity contribution in [1.29, 1.82) is 0 Å². The predicted octanol–water partition coefficient (Wildman–Crippen LogP) is 3.25. The van der Waals surface area contributed by atoms with Crippen molar-refractivity contribution >= 4 is 27.4 Å². The zero-order valence-electron chi connectivity index (χ0n) is 9.10. The molecule has 0 amide bonds. The fourth-order valence-corrected chi connectivity index (χ4v) is 2.10. The Balaban J connectivity index is 2.10. The molecule has 2 aromatic heterocycles. The van der Waals surface area contributed by atoms with Gasteiger partial charge in [0, 0.05) is 6.20 Å². The van der Waals surface area contributed by atoms with Crippen LogP contribution in [0.3, 0.4) is 0 Å². The van der Waals surface area contributed by atoms with E-state index in [0.717, 1.165) is 22.9 Å². The van der Waals surface area contributed by atoms with Gasteiger partial charge in [0.1, 0.15) is 5.69 Å². The molecule has 0 aliphatic carbocycles. The van der Waals surface area contributed by atoms with Gasteiger partial charge in [-0.15, -0.1) is 11.3 Å². The first-order chi connectivity index (χ1) is 7.81. The van der Waals surface area contributed by atoms with Gasteiger partial charge < -0.3 is 4.74 Å². The number of ether oxygens (including phenoxy) is 1. The lowest BCUT2D eigenvalue weighted by Gasteiger charge is -2.02. The molecule has 2 heterocycles. The van der Waals surface area contributed by atoms with Crippen molar-refractivity contribution in [2.45, 2.75) is 19.8 Å². The van der Waals surface area contributed by atoms with Crippen LogP contribution in [0.4, 0.5) is 0 Å². The second-order valence-corrected chi connectivity index (χ2v) is 4.47. The first kappa shape index (κ1) is 11.1. The maximum Gasteiger partial charge on any atom is 0.356 e. The molecule has 0 saturated heterocycles. The Hall–Kier alpha value is -1.42. The summed E-state index contributed by atoms with van der Waals surface area (Å²) >= 11 is 1.61. The summed E-state index contributed by atoms with van der Waals surface area (Å²) in [6.45, 7) is 2.53. The van der Waals surface area contributed by atoms with Gasteiger partial charge in [-0.2, -0.15) is 0 Å². The molecule has 4 heteroatoms. The third-order valence-corrected chi connectivity index (χ3v) is 3.15. The average Bonchev–Trinajstić information content (AvgIpc) is 2.76. The molecule has 0 N–H and O–H groups in total. The summed E-state index contributed by atoms with van der Waals surface area (Å²) in [5.74, 6) is -0.332. The molecule has 0 aliphatic rings. The van der Waals surface area contributed by atoms with Crippen LogP contribution >= 0.6 is 11.3 Å². The van der Waals surface area contributed by atoms with Crippen LogP contribution in [0.2, 0.25) is 0 Å². The number of nitrogens with zero attached hydrogens (tertiary/aromatic N) is 1. The van der Waals surface area contributed by atoms with Crippen LogP contribution in [0.5, 0.6) is 0 Å². The summed E-state index contributed by atoms with van der Waals surface area (Å²) in [5.41, 5.74) is 0.391. The number of carbonyl (C=O) groups excluding carboxylic acids is 1. The minimum Gasteiger partial charge on any atom is -0.461 e. The summed E-state index contributed by atoms with van der Waals surface area (Å²) in [7, 11) is 0. The molecule has 2 aromatic rings. The largest absolute Gasteiger partial charge is 0.461 e. The van der Waals surface area contributed by atoms with E-state index in [1.54, 1.807) is 23.6 Å². The number of aromatic nitrogens is 1. The second kappa shape index (κ2) is 5.07. The molecular weight excluding hydrogens is 222 g/mol. The lowest BCUT2D eigenvalue weighted by Crippen LogP contribution is -2.07. The number of esters is 1. The predicted molar refractivity (Wildman–Crippen MR) is 64.8 cm³/mol. The summed E-state index contributed by atoms with van der Waals surface area (Å²) in [6, 6.07) is 3.75. The van der Waals surface area contributed by atoms with Crippen molar-refractivity contribution in [3.8, 4) is 0 Å². The SMILES string of the molecule is CCCCOC(=O)c1cc2ccsc2cn1. The topological polar surface area (TPSA) is 39.2 Å². The first-order valence-corrected chi connectivity index (χ1v) is 6.19. The first-order valence-electron chi connectivity index (χ1n) is 5.31. The van der Waals surface area contributed by atoms with Crippen LogP contribution in [-0.2, 0) is 4.74 Å². The molecule has 0 atom stereocenters. The molecule has 3 nitrogen and oxygen atoms in total. The quantitative estimate of drug-likeness (QED) is 0.603. The average molecular weight is 235 g/mol. The number of hydrogen-bond acceptors (Lipinski definition) is 4. The van der Waals surface area contributed by atoms with Gasteiger partial charge in [0.2, 0.25) is 0 Å². The Morgan fingerprint density at radius 1 is 1.56 bits per heavy atom. The molecule has 0 bridgehead atoms. The molecule has 0 spiro atoms. The minimum absolute atomic E-state index is 0.332. The second-order valence-electron chi connectivity index (χ2n) is 3.52. The molecule has 2 rings (SSSR count). The number of unbranched alkanes of at least 4 members (excludes halogenated alkanes) is 1. The monoisotopic (exact) mass is 235 g/mol. The van der Waals surface area contributed by atoms with Gasteiger partial charge in [-0.3, -0.25) is 0 Å². The number of fused-ring (bicyclic) bond motifs is 1. The van der Waals surface area contributed by atoms with E-state index in [0.29, 0.717) is 12.3 Å². The van der Waals surface area contributed by atoms with Crippen LogP contribution in [0.1, 0.15) is 30.3 Å². The molecule has 0 saturated carbocycles. The highest BCUT2D eigenvalue weighted by Crippen LogP contribution is 2.20. The van der Waals surface area contributed by atoms with Crippen molar-refractivity contribution in [2.75, 3.05) is 6.61 Å². The summed E-state index contributed by atoms with van der Waals surface area (Å²) in [4.78, 5) is 15.7. The van der Waals surface area contributed by atoms with E-state index in [1.807, 2.05) is 11.4 Å². The molecular formula is C12H13NO2S. The highest BCUT2D eigenvalue weighted by molar-refractivity contribution is 7.17. The molecule has 0 aliphatic heterocycles. The smallest absolute Gasteiger partial charge is 0.356 e. The number of carbonyl (C=O) groups is 1. The van der Waals surface area contributed by atoms with E-state index in [4.69, 9.17) is 4.74 Å². The lowest BCUT2D eigenvalue weighted by atomic mass is 10.3. The van der Waals surface area contributed by atoms with E-state index in [9.17, 15) is 4.79 Å². The molecule has 84 valence electrons. The van der Waals surface area contributed by atoms with Gasteiger partial charge in [-0.25, -0.2) is 9.78 Å². The van der Waals surface area contributed by atoms with E-state index in [-0.39, 0.29) is 5.97 Å². The number of rotatable bonds is 4. The standard InChI is InChI=1S/C12H13NO2S/c1-2-3-5-15-12(14)10-7-9-4-6-16-11(9)8-13-10/h4,6-8H,2-3,5H2,1H3. The van der Waals surface area contributed by atoms with Gasteiger partial charge >= 0.3 is 5.97 Å². The van der Waals surface area contributed by atoms with Crippen molar-refractivity contribution in [3.63, 3.8) is 0 Å². The summed E-state index contributed by atoms with van der Waals surface area (Å²) < 4.78 is 6.18. The molecule has 0 aromatic carbocycles. The van der Waals surface area contributed by atoms with E-state index < -0.39 is 0 Å². The van der Waals surface area contributed by atoms with Crippen molar-refractivity contribution in [2.24, 2.45) is 0 Å².